The van der Waals surface area contributed by atoms with E-state index in [0.717, 1.165) is 11.8 Å². The number of nitrogens with one attached hydrogen (secondary N) is 1. The number of amides is 2. The van der Waals surface area contributed by atoms with Gasteiger partial charge >= 0.3 is 5.97 Å². The van der Waals surface area contributed by atoms with Crippen LogP contribution in [0.4, 0.5) is 4.79 Å². The predicted octanol–water partition coefficient (Wildman–Crippen LogP) is 1.95. The molecule has 6 nitrogen and oxygen atoms in total. The lowest BCUT2D eigenvalue weighted by Crippen LogP contribution is -2.17. The zero-order valence-corrected chi connectivity index (χ0v) is 12.1. The Hall–Kier alpha value is -2.28. The first-order chi connectivity index (χ1) is 10.1. The van der Waals surface area contributed by atoms with Crippen LogP contribution in [0, 0.1) is 0 Å². The van der Waals surface area contributed by atoms with E-state index in [1.807, 2.05) is 0 Å². The summed E-state index contributed by atoms with van der Waals surface area (Å²) in [5, 5.41) is 1.77. The van der Waals surface area contributed by atoms with Gasteiger partial charge < -0.3 is 9.47 Å². The first kappa shape index (κ1) is 15.1. The predicted molar refractivity (Wildman–Crippen MR) is 77.7 cm³/mol. The summed E-state index contributed by atoms with van der Waals surface area (Å²) in [5.74, 6) is -0.473. The molecule has 0 bridgehead atoms. The zero-order chi connectivity index (χ0) is 15.2. The normalized spacial score (nSPS) is 16.0. The van der Waals surface area contributed by atoms with Crippen molar-refractivity contribution in [2.45, 2.75) is 6.92 Å². The van der Waals surface area contributed by atoms with Gasteiger partial charge in [-0.15, -0.1) is 0 Å². The monoisotopic (exact) mass is 307 g/mol. The first-order valence-electron chi connectivity index (χ1n) is 6.22. The Bertz CT molecular complexity index is 611. The first-order valence-corrected chi connectivity index (χ1v) is 7.04. The van der Waals surface area contributed by atoms with Crippen LogP contribution < -0.4 is 10.1 Å². The summed E-state index contributed by atoms with van der Waals surface area (Å²) in [5.41, 5.74) is 0.606. The van der Waals surface area contributed by atoms with Crippen LogP contribution >= 0.6 is 11.8 Å². The van der Waals surface area contributed by atoms with Gasteiger partial charge in [0.1, 0.15) is 5.75 Å². The molecule has 0 aliphatic carbocycles. The third-order valence-electron chi connectivity index (χ3n) is 2.50. The average molecular weight is 307 g/mol. The van der Waals surface area contributed by atoms with E-state index in [4.69, 9.17) is 9.47 Å². The Balaban J connectivity index is 2.14. The van der Waals surface area contributed by atoms with Gasteiger partial charge in [-0.3, -0.25) is 14.9 Å². The molecule has 0 spiro atoms. The van der Waals surface area contributed by atoms with Crippen LogP contribution in [0.3, 0.4) is 0 Å². The summed E-state index contributed by atoms with van der Waals surface area (Å²) in [7, 11) is 0. The van der Waals surface area contributed by atoms with Gasteiger partial charge in [-0.25, -0.2) is 4.79 Å². The van der Waals surface area contributed by atoms with Crippen LogP contribution in [0.15, 0.2) is 29.2 Å². The van der Waals surface area contributed by atoms with Gasteiger partial charge in [0.25, 0.3) is 11.1 Å². The molecule has 7 heteroatoms. The van der Waals surface area contributed by atoms with E-state index in [2.05, 4.69) is 5.32 Å². The molecule has 1 aromatic carbocycles. The Morgan fingerprint density at radius 3 is 2.76 bits per heavy atom. The van der Waals surface area contributed by atoms with E-state index >= 15 is 0 Å². The van der Waals surface area contributed by atoms with Gasteiger partial charge in [-0.1, -0.05) is 18.2 Å². The van der Waals surface area contributed by atoms with E-state index in [1.54, 1.807) is 37.3 Å². The second kappa shape index (κ2) is 6.94. The number of carbonyl (C=O) groups excluding carboxylic acids is 3. The number of imide groups is 1. The second-order valence-electron chi connectivity index (χ2n) is 3.98. The van der Waals surface area contributed by atoms with Gasteiger partial charge in [0.15, 0.2) is 6.61 Å². The molecule has 0 radical (unpaired) electrons. The topological polar surface area (TPSA) is 81.7 Å². The smallest absolute Gasteiger partial charge is 0.344 e. The number of rotatable bonds is 5. The van der Waals surface area contributed by atoms with Crippen molar-refractivity contribution in [3.8, 4) is 5.75 Å². The van der Waals surface area contributed by atoms with E-state index in [9.17, 15) is 14.4 Å². The highest BCUT2D eigenvalue weighted by Crippen LogP contribution is 2.28. The van der Waals surface area contributed by atoms with Crippen molar-refractivity contribution in [3.05, 3.63) is 34.7 Å². The quantitative estimate of drug-likeness (QED) is 0.661. The Morgan fingerprint density at radius 2 is 2.10 bits per heavy atom. The van der Waals surface area contributed by atoms with Crippen LogP contribution in [0.1, 0.15) is 12.5 Å². The number of hydrogen-bond acceptors (Lipinski definition) is 6. The number of para-hydroxylation sites is 1. The number of carbonyl (C=O) groups is 3. The number of ether oxygens (including phenoxy) is 2. The lowest BCUT2D eigenvalue weighted by atomic mass is 10.2. The molecule has 1 fully saturated rings. The molecule has 110 valence electrons. The molecule has 0 saturated carbocycles. The maximum absolute atomic E-state index is 11.5. The molecule has 0 unspecified atom stereocenters. The van der Waals surface area contributed by atoms with Crippen molar-refractivity contribution in [2.75, 3.05) is 13.2 Å². The van der Waals surface area contributed by atoms with Crippen molar-refractivity contribution in [1.82, 2.24) is 5.32 Å². The summed E-state index contributed by atoms with van der Waals surface area (Å²) in [4.78, 5) is 34.2. The number of benzene rings is 1. The fraction of sp³-hybridized carbons (Fsp3) is 0.214. The molecular formula is C14H13NO5S. The minimum atomic E-state index is -0.469. The van der Waals surface area contributed by atoms with Crippen molar-refractivity contribution in [2.24, 2.45) is 0 Å². The summed E-state index contributed by atoms with van der Waals surface area (Å²) in [6.45, 7) is 1.78. The fourth-order valence-electron chi connectivity index (χ4n) is 1.63. The van der Waals surface area contributed by atoms with E-state index in [0.29, 0.717) is 11.3 Å². The molecule has 1 N–H and O–H groups in total. The molecule has 1 saturated heterocycles. The van der Waals surface area contributed by atoms with Gasteiger partial charge in [-0.2, -0.15) is 0 Å². The molecule has 2 rings (SSSR count). The maximum atomic E-state index is 11.5. The molecule has 1 aromatic rings. The van der Waals surface area contributed by atoms with Crippen molar-refractivity contribution >= 4 is 35.0 Å². The average Bonchev–Trinajstić information content (AvgIpc) is 2.76. The van der Waals surface area contributed by atoms with Crippen LogP contribution in [-0.4, -0.2) is 30.3 Å². The minimum Gasteiger partial charge on any atom is -0.481 e. The maximum Gasteiger partial charge on any atom is 0.344 e. The third kappa shape index (κ3) is 4.09. The second-order valence-corrected chi connectivity index (χ2v) is 5.00. The number of hydrogen-bond donors (Lipinski definition) is 1. The molecule has 1 aliphatic heterocycles. The third-order valence-corrected chi connectivity index (χ3v) is 3.31. The number of thioether (sulfide) groups is 1. The largest absolute Gasteiger partial charge is 0.481 e. The van der Waals surface area contributed by atoms with Crippen LogP contribution in [0.25, 0.3) is 6.08 Å². The molecule has 0 atom stereocenters. The highest BCUT2D eigenvalue weighted by Gasteiger charge is 2.25. The standard InChI is InChI=1S/C14H13NO5S/c1-2-19-12(16)8-20-10-6-4-3-5-9(10)7-11-13(17)15-14(18)21-11/h3-7H,2,8H2,1H3,(H,15,17,18)/b11-7-. The number of esters is 1. The van der Waals surface area contributed by atoms with Gasteiger partial charge in [-0.05, 0) is 30.8 Å². The molecule has 1 heterocycles. The molecule has 21 heavy (non-hydrogen) atoms. The summed E-state index contributed by atoms with van der Waals surface area (Å²) in [6.07, 6.45) is 1.55. The van der Waals surface area contributed by atoms with E-state index in [1.165, 1.54) is 0 Å². The minimum absolute atomic E-state index is 0.216. The van der Waals surface area contributed by atoms with E-state index < -0.39 is 17.1 Å². The van der Waals surface area contributed by atoms with Gasteiger partial charge in [0.05, 0.1) is 11.5 Å². The lowest BCUT2D eigenvalue weighted by molar-refractivity contribution is -0.145. The zero-order valence-electron chi connectivity index (χ0n) is 11.3. The van der Waals surface area contributed by atoms with Crippen LogP contribution in [-0.2, 0) is 14.3 Å². The Labute approximate surface area is 125 Å². The van der Waals surface area contributed by atoms with Gasteiger partial charge in [0, 0.05) is 5.56 Å². The fourth-order valence-corrected chi connectivity index (χ4v) is 2.31. The summed E-state index contributed by atoms with van der Waals surface area (Å²) < 4.78 is 10.2. The van der Waals surface area contributed by atoms with E-state index in [-0.39, 0.29) is 18.1 Å². The van der Waals surface area contributed by atoms with Crippen molar-refractivity contribution < 1.29 is 23.9 Å². The van der Waals surface area contributed by atoms with Gasteiger partial charge in [0.2, 0.25) is 0 Å². The van der Waals surface area contributed by atoms with Crippen LogP contribution in [0.2, 0.25) is 0 Å². The molecule has 2 amide bonds. The lowest BCUT2D eigenvalue weighted by Gasteiger charge is -2.08. The molecule has 0 aromatic heterocycles. The Morgan fingerprint density at radius 1 is 1.33 bits per heavy atom. The highest BCUT2D eigenvalue weighted by molar-refractivity contribution is 8.18. The van der Waals surface area contributed by atoms with Crippen LogP contribution in [0.5, 0.6) is 5.75 Å². The summed E-state index contributed by atoms with van der Waals surface area (Å²) in [6, 6.07) is 6.91. The Kier molecular flexibility index (Phi) is 4.99. The SMILES string of the molecule is CCOC(=O)COc1ccccc1/C=C1\SC(=O)NC1=O. The highest BCUT2D eigenvalue weighted by atomic mass is 32.2. The molecular weight excluding hydrogens is 294 g/mol. The van der Waals surface area contributed by atoms with Crippen molar-refractivity contribution in [3.63, 3.8) is 0 Å². The van der Waals surface area contributed by atoms with Crippen molar-refractivity contribution in [1.29, 1.82) is 0 Å². The molecule has 1 aliphatic rings. The summed E-state index contributed by atoms with van der Waals surface area (Å²) >= 11 is 0.824.